The van der Waals surface area contributed by atoms with Gasteiger partial charge in [0.15, 0.2) is 6.29 Å². The molecule has 76 valence electrons. The van der Waals surface area contributed by atoms with Gasteiger partial charge in [-0.3, -0.25) is 9.48 Å². The fourth-order valence-electron chi connectivity index (χ4n) is 1.81. The van der Waals surface area contributed by atoms with Gasteiger partial charge in [0.1, 0.15) is 5.69 Å². The maximum absolute atomic E-state index is 10.4. The summed E-state index contributed by atoms with van der Waals surface area (Å²) in [5, 5.41) is 4.11. The first kappa shape index (κ1) is 9.40. The third kappa shape index (κ3) is 2.20. The van der Waals surface area contributed by atoms with Gasteiger partial charge in [-0.1, -0.05) is 0 Å². The number of aromatic nitrogens is 2. The van der Waals surface area contributed by atoms with Gasteiger partial charge in [-0.25, -0.2) is 0 Å². The average Bonchev–Trinajstić information content (AvgIpc) is 2.86. The molecule has 0 aromatic carbocycles. The Morgan fingerprint density at radius 1 is 1.36 bits per heavy atom. The van der Waals surface area contributed by atoms with Gasteiger partial charge >= 0.3 is 0 Å². The third-order valence-corrected chi connectivity index (χ3v) is 2.63. The lowest BCUT2D eigenvalue weighted by molar-refractivity contribution is 0.111. The van der Waals surface area contributed by atoms with Crippen LogP contribution in [0.4, 0.5) is 0 Å². The van der Waals surface area contributed by atoms with Crippen molar-refractivity contribution in [3.05, 3.63) is 18.0 Å². The van der Waals surface area contributed by atoms with E-state index >= 15 is 0 Å². The van der Waals surface area contributed by atoms with Crippen molar-refractivity contribution in [2.45, 2.75) is 19.4 Å². The van der Waals surface area contributed by atoms with Gasteiger partial charge in [-0.15, -0.1) is 0 Å². The summed E-state index contributed by atoms with van der Waals surface area (Å²) >= 11 is 0. The minimum atomic E-state index is 0.520. The number of nitrogens with zero attached hydrogens (tertiary/aromatic N) is 3. The van der Waals surface area contributed by atoms with Crippen LogP contribution in [0.3, 0.4) is 0 Å². The van der Waals surface area contributed by atoms with E-state index in [1.807, 2.05) is 10.9 Å². The highest BCUT2D eigenvalue weighted by molar-refractivity contribution is 5.71. The zero-order valence-corrected chi connectivity index (χ0v) is 8.22. The predicted molar refractivity (Wildman–Crippen MR) is 53.3 cm³/mol. The summed E-state index contributed by atoms with van der Waals surface area (Å²) in [5.74, 6) is 0. The van der Waals surface area contributed by atoms with Crippen LogP contribution < -0.4 is 0 Å². The first-order valence-electron chi connectivity index (χ1n) is 5.09. The number of likely N-dealkylation sites (tertiary alicyclic amines) is 1. The highest BCUT2D eigenvalue weighted by Gasteiger charge is 2.10. The van der Waals surface area contributed by atoms with Crippen LogP contribution in [-0.2, 0) is 6.54 Å². The molecule has 0 unspecified atom stereocenters. The number of hydrogen-bond donors (Lipinski definition) is 0. The van der Waals surface area contributed by atoms with Gasteiger partial charge in [-0.2, -0.15) is 5.10 Å². The molecule has 1 aliphatic heterocycles. The van der Waals surface area contributed by atoms with Gasteiger partial charge in [0, 0.05) is 12.7 Å². The average molecular weight is 193 g/mol. The van der Waals surface area contributed by atoms with Crippen molar-refractivity contribution in [2.24, 2.45) is 0 Å². The van der Waals surface area contributed by atoms with Gasteiger partial charge in [0.05, 0.1) is 6.54 Å². The van der Waals surface area contributed by atoms with Gasteiger partial charge in [-0.05, 0) is 32.0 Å². The Labute approximate surface area is 83.5 Å². The Morgan fingerprint density at radius 2 is 2.14 bits per heavy atom. The molecule has 1 aromatic rings. The van der Waals surface area contributed by atoms with E-state index in [0.29, 0.717) is 5.69 Å². The van der Waals surface area contributed by atoms with Crippen LogP contribution in [0, 0.1) is 0 Å². The Bertz CT molecular complexity index is 302. The summed E-state index contributed by atoms with van der Waals surface area (Å²) in [6, 6.07) is 1.75. The second-order valence-corrected chi connectivity index (χ2v) is 3.67. The molecule has 0 atom stereocenters. The predicted octanol–water partition coefficient (Wildman–Crippen LogP) is 0.791. The largest absolute Gasteiger partial charge is 0.301 e. The van der Waals surface area contributed by atoms with E-state index in [2.05, 4.69) is 10.00 Å². The van der Waals surface area contributed by atoms with Crippen molar-refractivity contribution in [2.75, 3.05) is 19.6 Å². The number of rotatable bonds is 4. The van der Waals surface area contributed by atoms with E-state index in [1.54, 1.807) is 6.07 Å². The van der Waals surface area contributed by atoms with E-state index in [4.69, 9.17) is 0 Å². The smallest absolute Gasteiger partial charge is 0.170 e. The fraction of sp³-hybridized carbons (Fsp3) is 0.600. The zero-order chi connectivity index (χ0) is 9.80. The van der Waals surface area contributed by atoms with Crippen LogP contribution >= 0.6 is 0 Å². The molecule has 1 aromatic heterocycles. The molecule has 0 amide bonds. The Balaban J connectivity index is 1.81. The Morgan fingerprint density at radius 3 is 2.79 bits per heavy atom. The lowest BCUT2D eigenvalue weighted by Gasteiger charge is -2.13. The van der Waals surface area contributed by atoms with Crippen molar-refractivity contribution in [1.29, 1.82) is 0 Å². The van der Waals surface area contributed by atoms with Gasteiger partial charge < -0.3 is 4.90 Å². The maximum Gasteiger partial charge on any atom is 0.170 e. The van der Waals surface area contributed by atoms with Crippen molar-refractivity contribution >= 4 is 6.29 Å². The standard InChI is InChI=1S/C10H15N3O/c14-9-10-3-6-13(11-10)8-7-12-4-1-2-5-12/h3,6,9H,1-2,4-5,7-8H2. The van der Waals surface area contributed by atoms with E-state index < -0.39 is 0 Å². The van der Waals surface area contributed by atoms with Crippen LogP contribution in [0.25, 0.3) is 0 Å². The van der Waals surface area contributed by atoms with E-state index in [0.717, 1.165) is 19.4 Å². The summed E-state index contributed by atoms with van der Waals surface area (Å²) in [4.78, 5) is 12.8. The van der Waals surface area contributed by atoms with Gasteiger partial charge in [0.25, 0.3) is 0 Å². The van der Waals surface area contributed by atoms with E-state index in [1.165, 1.54) is 25.9 Å². The molecule has 0 radical (unpaired) electrons. The molecule has 0 saturated carbocycles. The van der Waals surface area contributed by atoms with E-state index in [9.17, 15) is 4.79 Å². The van der Waals surface area contributed by atoms with Crippen LogP contribution in [0.5, 0.6) is 0 Å². The highest BCUT2D eigenvalue weighted by atomic mass is 16.1. The Kier molecular flexibility index (Phi) is 2.93. The number of aldehydes is 1. The van der Waals surface area contributed by atoms with Crippen LogP contribution in [0.2, 0.25) is 0 Å². The number of hydrogen-bond acceptors (Lipinski definition) is 3. The van der Waals surface area contributed by atoms with Crippen molar-refractivity contribution in [3.63, 3.8) is 0 Å². The topological polar surface area (TPSA) is 38.1 Å². The lowest BCUT2D eigenvalue weighted by Crippen LogP contribution is -2.24. The van der Waals surface area contributed by atoms with Crippen LogP contribution in [-0.4, -0.2) is 40.6 Å². The summed E-state index contributed by atoms with van der Waals surface area (Å²) < 4.78 is 1.84. The lowest BCUT2D eigenvalue weighted by atomic mass is 10.4. The first-order chi connectivity index (χ1) is 6.88. The number of carbonyl (C=O) groups is 1. The summed E-state index contributed by atoms with van der Waals surface area (Å²) in [6.07, 6.45) is 5.28. The molecule has 2 heterocycles. The molecular weight excluding hydrogens is 178 g/mol. The molecule has 0 N–H and O–H groups in total. The normalized spacial score (nSPS) is 17.4. The molecule has 1 saturated heterocycles. The SMILES string of the molecule is O=Cc1ccn(CCN2CCCC2)n1. The molecule has 1 fully saturated rings. The molecule has 0 bridgehead atoms. The van der Waals surface area contributed by atoms with Crippen LogP contribution in [0.15, 0.2) is 12.3 Å². The molecular formula is C10H15N3O. The minimum absolute atomic E-state index is 0.520. The fourth-order valence-corrected chi connectivity index (χ4v) is 1.81. The summed E-state index contributed by atoms with van der Waals surface area (Å²) in [5.41, 5.74) is 0.520. The van der Waals surface area contributed by atoms with Crippen molar-refractivity contribution in [3.8, 4) is 0 Å². The Hall–Kier alpha value is -1.16. The zero-order valence-electron chi connectivity index (χ0n) is 8.22. The molecule has 4 nitrogen and oxygen atoms in total. The monoisotopic (exact) mass is 193 g/mol. The molecule has 4 heteroatoms. The van der Waals surface area contributed by atoms with Gasteiger partial charge in [0.2, 0.25) is 0 Å². The molecule has 0 aliphatic carbocycles. The minimum Gasteiger partial charge on any atom is -0.301 e. The first-order valence-corrected chi connectivity index (χ1v) is 5.09. The van der Waals surface area contributed by atoms with Crippen molar-refractivity contribution in [1.82, 2.24) is 14.7 Å². The molecule has 2 rings (SSSR count). The molecule has 1 aliphatic rings. The second-order valence-electron chi connectivity index (χ2n) is 3.67. The quantitative estimate of drug-likeness (QED) is 0.664. The second kappa shape index (κ2) is 4.37. The molecule has 0 spiro atoms. The van der Waals surface area contributed by atoms with E-state index in [-0.39, 0.29) is 0 Å². The van der Waals surface area contributed by atoms with Crippen molar-refractivity contribution < 1.29 is 4.79 Å². The molecule has 14 heavy (non-hydrogen) atoms. The third-order valence-electron chi connectivity index (χ3n) is 2.63. The number of carbonyl (C=O) groups excluding carboxylic acids is 1. The maximum atomic E-state index is 10.4. The summed E-state index contributed by atoms with van der Waals surface area (Å²) in [6.45, 7) is 4.34. The summed E-state index contributed by atoms with van der Waals surface area (Å²) in [7, 11) is 0. The van der Waals surface area contributed by atoms with Crippen LogP contribution in [0.1, 0.15) is 23.3 Å². The highest BCUT2D eigenvalue weighted by Crippen LogP contribution is 2.06.